The van der Waals surface area contributed by atoms with Crippen LogP contribution in [0.15, 0.2) is 30.0 Å². The van der Waals surface area contributed by atoms with Gasteiger partial charge in [0.1, 0.15) is 5.15 Å². The Hall–Kier alpha value is -0.820. The van der Waals surface area contributed by atoms with Crippen molar-refractivity contribution in [3.63, 3.8) is 0 Å². The molecule has 0 N–H and O–H groups in total. The van der Waals surface area contributed by atoms with E-state index in [1.807, 2.05) is 6.07 Å². The number of hydrogen-bond donors (Lipinski definition) is 0. The van der Waals surface area contributed by atoms with Gasteiger partial charge in [0, 0.05) is 12.1 Å². The van der Waals surface area contributed by atoms with E-state index in [4.69, 9.17) is 11.6 Å². The fraction of sp³-hybridized carbons (Fsp3) is 0.462. The van der Waals surface area contributed by atoms with Crippen LogP contribution in [-0.4, -0.2) is 4.98 Å². The molecule has 0 radical (unpaired) electrons. The molecular formula is C13H16ClN. The third-order valence-corrected chi connectivity index (χ3v) is 3.34. The van der Waals surface area contributed by atoms with Gasteiger partial charge in [-0.05, 0) is 43.4 Å². The monoisotopic (exact) mass is 221 g/mol. The van der Waals surface area contributed by atoms with Gasteiger partial charge in [0.2, 0.25) is 0 Å². The molecule has 1 aliphatic rings. The molecule has 0 aromatic carbocycles. The molecular weight excluding hydrogens is 206 g/mol. The molecule has 2 rings (SSSR count). The molecule has 0 spiro atoms. The molecule has 1 aromatic heterocycles. The highest BCUT2D eigenvalue weighted by Crippen LogP contribution is 2.31. The van der Waals surface area contributed by atoms with Gasteiger partial charge in [0.15, 0.2) is 0 Å². The third kappa shape index (κ3) is 2.60. The van der Waals surface area contributed by atoms with E-state index in [0.717, 1.165) is 0 Å². The average molecular weight is 222 g/mol. The number of hydrogen-bond acceptors (Lipinski definition) is 1. The smallest absolute Gasteiger partial charge is 0.129 e. The minimum atomic E-state index is 0.491. The van der Waals surface area contributed by atoms with Crippen molar-refractivity contribution < 1.29 is 0 Å². The van der Waals surface area contributed by atoms with E-state index in [-0.39, 0.29) is 0 Å². The molecule has 0 bridgehead atoms. The Bertz CT molecular complexity index is 371. The topological polar surface area (TPSA) is 12.9 Å². The maximum Gasteiger partial charge on any atom is 0.129 e. The Balaban J connectivity index is 2.19. The predicted octanol–water partition coefficient (Wildman–Crippen LogP) is 4.34. The minimum Gasteiger partial charge on any atom is -0.245 e. The zero-order chi connectivity index (χ0) is 10.7. The second-order valence-corrected chi connectivity index (χ2v) is 4.55. The summed E-state index contributed by atoms with van der Waals surface area (Å²) in [6, 6.07) is 4.04. The van der Waals surface area contributed by atoms with E-state index in [1.165, 1.54) is 31.2 Å². The van der Waals surface area contributed by atoms with Crippen LogP contribution in [0.25, 0.3) is 0 Å². The van der Waals surface area contributed by atoms with E-state index in [0.29, 0.717) is 11.1 Å². The highest BCUT2D eigenvalue weighted by molar-refractivity contribution is 6.29. The standard InChI is InChI=1S/C13H16ClN/c1-10(11-5-3-2-4-6-11)12-7-8-15-13(14)9-12/h5,7-10H,2-4,6H2,1H3. The first kappa shape index (κ1) is 10.7. The zero-order valence-corrected chi connectivity index (χ0v) is 9.80. The van der Waals surface area contributed by atoms with E-state index in [1.54, 1.807) is 11.8 Å². The van der Waals surface area contributed by atoms with Crippen molar-refractivity contribution in [1.29, 1.82) is 0 Å². The number of pyridine rings is 1. The highest BCUT2D eigenvalue weighted by atomic mass is 35.5. The predicted molar refractivity (Wildman–Crippen MR) is 64.2 cm³/mol. The second kappa shape index (κ2) is 4.80. The molecule has 1 heterocycles. The van der Waals surface area contributed by atoms with Gasteiger partial charge in [-0.3, -0.25) is 0 Å². The quantitative estimate of drug-likeness (QED) is 0.535. The summed E-state index contributed by atoms with van der Waals surface area (Å²) in [4.78, 5) is 4.01. The summed E-state index contributed by atoms with van der Waals surface area (Å²) in [7, 11) is 0. The number of rotatable bonds is 2. The Labute approximate surface area is 96.2 Å². The first-order valence-electron chi connectivity index (χ1n) is 5.58. The van der Waals surface area contributed by atoms with Gasteiger partial charge < -0.3 is 0 Å². The van der Waals surface area contributed by atoms with Crippen molar-refractivity contribution in [3.05, 3.63) is 40.7 Å². The third-order valence-electron chi connectivity index (χ3n) is 3.13. The van der Waals surface area contributed by atoms with E-state index < -0.39 is 0 Å². The molecule has 0 saturated carbocycles. The molecule has 15 heavy (non-hydrogen) atoms. The summed E-state index contributed by atoms with van der Waals surface area (Å²) in [5.74, 6) is 0.491. The molecule has 1 atom stereocenters. The molecule has 0 saturated heterocycles. The maximum atomic E-state index is 5.90. The van der Waals surface area contributed by atoms with Gasteiger partial charge in [-0.15, -0.1) is 0 Å². The van der Waals surface area contributed by atoms with Crippen molar-refractivity contribution in [3.8, 4) is 0 Å². The van der Waals surface area contributed by atoms with Crippen LogP contribution in [0.4, 0.5) is 0 Å². The van der Waals surface area contributed by atoms with Crippen molar-refractivity contribution in [2.24, 2.45) is 0 Å². The molecule has 1 aromatic rings. The lowest BCUT2D eigenvalue weighted by atomic mass is 9.86. The first-order valence-corrected chi connectivity index (χ1v) is 5.95. The Morgan fingerprint density at radius 3 is 2.93 bits per heavy atom. The lowest BCUT2D eigenvalue weighted by molar-refractivity contribution is 0.657. The fourth-order valence-corrected chi connectivity index (χ4v) is 2.34. The lowest BCUT2D eigenvalue weighted by Gasteiger charge is -2.19. The van der Waals surface area contributed by atoms with Gasteiger partial charge >= 0.3 is 0 Å². The summed E-state index contributed by atoms with van der Waals surface area (Å²) in [5.41, 5.74) is 2.84. The van der Waals surface area contributed by atoms with Gasteiger partial charge in [0.05, 0.1) is 0 Å². The fourth-order valence-electron chi connectivity index (χ4n) is 2.16. The van der Waals surface area contributed by atoms with Crippen molar-refractivity contribution >= 4 is 11.6 Å². The number of allylic oxidation sites excluding steroid dienone is 2. The van der Waals surface area contributed by atoms with Crippen LogP contribution in [0.1, 0.15) is 44.1 Å². The molecule has 1 unspecified atom stereocenters. The summed E-state index contributed by atoms with van der Waals surface area (Å²) in [6.45, 7) is 2.25. The van der Waals surface area contributed by atoms with Crippen LogP contribution in [0.2, 0.25) is 5.15 Å². The summed E-state index contributed by atoms with van der Waals surface area (Å²) in [5, 5.41) is 0.593. The summed E-state index contributed by atoms with van der Waals surface area (Å²) >= 11 is 5.90. The maximum absolute atomic E-state index is 5.90. The Kier molecular flexibility index (Phi) is 3.42. The van der Waals surface area contributed by atoms with E-state index in [9.17, 15) is 0 Å². The normalized spacial score (nSPS) is 18.4. The Morgan fingerprint density at radius 2 is 2.27 bits per heavy atom. The molecule has 0 amide bonds. The zero-order valence-electron chi connectivity index (χ0n) is 9.04. The first-order chi connectivity index (χ1) is 7.27. The Morgan fingerprint density at radius 1 is 1.40 bits per heavy atom. The van der Waals surface area contributed by atoms with Gasteiger partial charge in [-0.2, -0.15) is 0 Å². The number of halogens is 1. The molecule has 2 heteroatoms. The number of nitrogens with zero attached hydrogens (tertiary/aromatic N) is 1. The largest absolute Gasteiger partial charge is 0.245 e. The van der Waals surface area contributed by atoms with Crippen molar-refractivity contribution in [1.82, 2.24) is 4.98 Å². The van der Waals surface area contributed by atoms with Crippen LogP contribution in [0, 0.1) is 0 Å². The van der Waals surface area contributed by atoms with Crippen molar-refractivity contribution in [2.45, 2.75) is 38.5 Å². The summed E-state index contributed by atoms with van der Waals surface area (Å²) in [6.07, 6.45) is 9.32. The molecule has 80 valence electrons. The van der Waals surface area contributed by atoms with Crippen LogP contribution in [0.5, 0.6) is 0 Å². The number of aromatic nitrogens is 1. The van der Waals surface area contributed by atoms with E-state index >= 15 is 0 Å². The van der Waals surface area contributed by atoms with Gasteiger partial charge in [-0.1, -0.05) is 30.2 Å². The highest BCUT2D eigenvalue weighted by Gasteiger charge is 2.13. The van der Waals surface area contributed by atoms with Crippen LogP contribution in [-0.2, 0) is 0 Å². The second-order valence-electron chi connectivity index (χ2n) is 4.16. The molecule has 1 nitrogen and oxygen atoms in total. The van der Waals surface area contributed by atoms with Gasteiger partial charge in [-0.25, -0.2) is 4.98 Å². The van der Waals surface area contributed by atoms with Crippen LogP contribution >= 0.6 is 11.6 Å². The van der Waals surface area contributed by atoms with E-state index in [2.05, 4.69) is 24.1 Å². The lowest BCUT2D eigenvalue weighted by Crippen LogP contribution is -2.02. The SMILES string of the molecule is CC(C1=CCCCC1)c1ccnc(Cl)c1. The van der Waals surface area contributed by atoms with Crippen LogP contribution in [0.3, 0.4) is 0 Å². The minimum absolute atomic E-state index is 0.491. The molecule has 0 fully saturated rings. The van der Waals surface area contributed by atoms with Crippen molar-refractivity contribution in [2.75, 3.05) is 0 Å². The van der Waals surface area contributed by atoms with Crippen LogP contribution < -0.4 is 0 Å². The molecule has 0 aliphatic heterocycles. The van der Waals surface area contributed by atoms with Gasteiger partial charge in [0.25, 0.3) is 0 Å². The summed E-state index contributed by atoms with van der Waals surface area (Å²) < 4.78 is 0. The molecule has 1 aliphatic carbocycles. The average Bonchev–Trinajstić information content (AvgIpc) is 2.29.